The summed E-state index contributed by atoms with van der Waals surface area (Å²) in [6.07, 6.45) is 15.0. The van der Waals surface area contributed by atoms with E-state index in [0.717, 1.165) is 30.6 Å². The van der Waals surface area contributed by atoms with E-state index in [9.17, 15) is 4.79 Å². The molecule has 0 aromatic carbocycles. The number of fused-ring (bicyclic) bond motifs is 5. The summed E-state index contributed by atoms with van der Waals surface area (Å²) in [6.45, 7) is 4.83. The van der Waals surface area contributed by atoms with E-state index < -0.39 is 0 Å². The molecule has 0 N–H and O–H groups in total. The summed E-state index contributed by atoms with van der Waals surface area (Å²) < 4.78 is 0. The van der Waals surface area contributed by atoms with E-state index in [1.807, 2.05) is 0 Å². The van der Waals surface area contributed by atoms with Gasteiger partial charge in [-0.25, -0.2) is 0 Å². The molecule has 0 aliphatic heterocycles. The van der Waals surface area contributed by atoms with Crippen molar-refractivity contribution in [3.63, 3.8) is 0 Å². The zero-order valence-corrected chi connectivity index (χ0v) is 13.0. The summed E-state index contributed by atoms with van der Waals surface area (Å²) in [5.74, 6) is 3.75. The van der Waals surface area contributed by atoms with Gasteiger partial charge in [0.1, 0.15) is 5.78 Å². The molecule has 1 heteroatoms. The van der Waals surface area contributed by atoms with E-state index in [-0.39, 0.29) is 5.41 Å². The molecule has 4 rings (SSSR count). The van der Waals surface area contributed by atoms with E-state index in [2.05, 4.69) is 26.7 Å². The van der Waals surface area contributed by atoms with Crippen LogP contribution < -0.4 is 0 Å². The predicted octanol–water partition coefficient (Wildman–Crippen LogP) is 4.62. The number of carbonyl (C=O) groups is 1. The van der Waals surface area contributed by atoms with E-state index in [4.69, 9.17) is 0 Å². The molecule has 0 bridgehead atoms. The lowest BCUT2D eigenvalue weighted by Gasteiger charge is -2.59. The fourth-order valence-electron chi connectivity index (χ4n) is 6.47. The Labute approximate surface area is 123 Å². The number of hydrogen-bond donors (Lipinski definition) is 0. The first kappa shape index (κ1) is 13.3. The van der Waals surface area contributed by atoms with Crippen LogP contribution in [0, 0.1) is 47.3 Å². The van der Waals surface area contributed by atoms with Crippen molar-refractivity contribution in [3.05, 3.63) is 12.8 Å². The Kier molecular flexibility index (Phi) is 2.89. The Bertz CT molecular complexity index is 427. The minimum atomic E-state index is 0.00511. The lowest BCUT2D eigenvalue weighted by Crippen LogP contribution is -2.53. The monoisotopic (exact) mass is 272 g/mol. The summed E-state index contributed by atoms with van der Waals surface area (Å²) in [7, 11) is 0. The van der Waals surface area contributed by atoms with E-state index in [1.165, 1.54) is 38.5 Å². The lowest BCUT2D eigenvalue weighted by atomic mass is 9.45. The third-order valence-corrected chi connectivity index (χ3v) is 7.79. The van der Waals surface area contributed by atoms with Crippen molar-refractivity contribution in [2.24, 2.45) is 34.5 Å². The Balaban J connectivity index is 1.66. The lowest BCUT2D eigenvalue weighted by molar-refractivity contribution is -0.132. The summed E-state index contributed by atoms with van der Waals surface area (Å²) >= 11 is 0. The minimum Gasteiger partial charge on any atom is -0.299 e. The third kappa shape index (κ3) is 1.58. The van der Waals surface area contributed by atoms with E-state index >= 15 is 0 Å². The molecule has 20 heavy (non-hydrogen) atoms. The van der Waals surface area contributed by atoms with Crippen molar-refractivity contribution in [1.29, 1.82) is 0 Å². The van der Waals surface area contributed by atoms with Crippen LogP contribution >= 0.6 is 0 Å². The van der Waals surface area contributed by atoms with Gasteiger partial charge in [0.25, 0.3) is 0 Å². The fraction of sp³-hybridized carbons (Fsp3) is 0.842. The Hall–Kier alpha value is -0.330. The van der Waals surface area contributed by atoms with Gasteiger partial charge in [-0.1, -0.05) is 13.8 Å². The van der Waals surface area contributed by atoms with Gasteiger partial charge in [-0.15, -0.1) is 0 Å². The van der Waals surface area contributed by atoms with Gasteiger partial charge in [0, 0.05) is 11.8 Å². The molecule has 0 spiro atoms. The zero-order valence-electron chi connectivity index (χ0n) is 13.0. The van der Waals surface area contributed by atoms with Crippen molar-refractivity contribution >= 4 is 5.78 Å². The smallest absolute Gasteiger partial charge is 0.139 e. The van der Waals surface area contributed by atoms with Gasteiger partial charge in [-0.3, -0.25) is 4.79 Å². The molecule has 0 heterocycles. The maximum Gasteiger partial charge on any atom is 0.139 e. The van der Waals surface area contributed by atoms with Gasteiger partial charge in [0.15, 0.2) is 0 Å². The molecular weight excluding hydrogens is 244 g/mol. The number of carbonyl (C=O) groups excluding carboxylic acids is 1. The molecule has 0 amide bonds. The van der Waals surface area contributed by atoms with Crippen molar-refractivity contribution < 1.29 is 4.79 Å². The van der Waals surface area contributed by atoms with Gasteiger partial charge < -0.3 is 0 Å². The van der Waals surface area contributed by atoms with Gasteiger partial charge in [0.2, 0.25) is 0 Å². The van der Waals surface area contributed by atoms with Crippen LogP contribution in [0.5, 0.6) is 0 Å². The maximum absolute atomic E-state index is 12.3. The average Bonchev–Trinajstić information content (AvgIpc) is 2.74. The highest BCUT2D eigenvalue weighted by Crippen LogP contribution is 2.64. The largest absolute Gasteiger partial charge is 0.299 e. The molecule has 0 saturated heterocycles. The summed E-state index contributed by atoms with van der Waals surface area (Å²) in [6, 6.07) is 0. The predicted molar refractivity (Wildman–Crippen MR) is 80.7 cm³/mol. The van der Waals surface area contributed by atoms with E-state index in [1.54, 1.807) is 0 Å². The van der Waals surface area contributed by atoms with Gasteiger partial charge in [0.05, 0.1) is 0 Å². The summed E-state index contributed by atoms with van der Waals surface area (Å²) in [5, 5.41) is 0. The van der Waals surface area contributed by atoms with Crippen LogP contribution in [0.4, 0.5) is 0 Å². The van der Waals surface area contributed by atoms with Crippen molar-refractivity contribution in [1.82, 2.24) is 0 Å². The number of Topliss-reactive ketones (excluding diaryl/α,β-unsaturated/α-hetero) is 1. The molecule has 4 aliphatic carbocycles. The second-order valence-electron chi connectivity index (χ2n) is 8.46. The average molecular weight is 272 g/mol. The summed E-state index contributed by atoms with van der Waals surface area (Å²) in [5.41, 5.74) is 0.537. The number of ketones is 1. The molecule has 0 aromatic heterocycles. The molecule has 0 unspecified atom stereocenters. The first-order valence-electron chi connectivity index (χ1n) is 8.74. The first-order chi connectivity index (χ1) is 9.56. The molecule has 110 valence electrons. The Morgan fingerprint density at radius 1 is 1.20 bits per heavy atom. The van der Waals surface area contributed by atoms with Crippen LogP contribution in [0.25, 0.3) is 0 Å². The van der Waals surface area contributed by atoms with Crippen LogP contribution in [-0.4, -0.2) is 5.78 Å². The van der Waals surface area contributed by atoms with E-state index in [0.29, 0.717) is 17.1 Å². The molecule has 4 aliphatic rings. The van der Waals surface area contributed by atoms with Crippen LogP contribution in [0.3, 0.4) is 0 Å². The van der Waals surface area contributed by atoms with Crippen molar-refractivity contribution in [2.45, 2.75) is 65.2 Å². The van der Waals surface area contributed by atoms with Gasteiger partial charge >= 0.3 is 0 Å². The first-order valence-corrected chi connectivity index (χ1v) is 8.74. The Morgan fingerprint density at radius 3 is 2.90 bits per heavy atom. The van der Waals surface area contributed by atoms with Crippen LogP contribution in [-0.2, 0) is 4.79 Å². The number of rotatable bonds is 0. The fourth-order valence-corrected chi connectivity index (χ4v) is 6.47. The normalized spacial score (nSPS) is 55.0. The molecule has 2 radical (unpaired) electrons. The highest BCUT2D eigenvalue weighted by Gasteiger charge is 2.59. The molecule has 4 fully saturated rings. The van der Waals surface area contributed by atoms with Crippen molar-refractivity contribution in [2.75, 3.05) is 0 Å². The molecular formula is C19H28O. The molecule has 6 atom stereocenters. The molecule has 4 saturated carbocycles. The third-order valence-electron chi connectivity index (χ3n) is 7.79. The highest BCUT2D eigenvalue weighted by molar-refractivity contribution is 5.87. The number of hydrogen-bond acceptors (Lipinski definition) is 1. The Morgan fingerprint density at radius 2 is 2.05 bits per heavy atom. The van der Waals surface area contributed by atoms with Crippen molar-refractivity contribution in [3.8, 4) is 0 Å². The second-order valence-corrected chi connectivity index (χ2v) is 8.46. The van der Waals surface area contributed by atoms with Gasteiger partial charge in [-0.05, 0) is 86.9 Å². The van der Waals surface area contributed by atoms with Gasteiger partial charge in [-0.2, -0.15) is 0 Å². The molecule has 1 nitrogen and oxygen atoms in total. The second kappa shape index (κ2) is 4.34. The zero-order chi connectivity index (χ0) is 14.0. The molecule has 0 aromatic rings. The standard InChI is InChI=1S/C19H28O/c1-18-11-4-3-5-13(18)6-7-14-15-8-9-17(20)19(15,2)12-10-16(14)18/h3,10,13-16H,4-9,11-12H2,1-2H3/t13-,14+,15-,16-,18-,19-/m0/s1. The van der Waals surface area contributed by atoms with Crippen LogP contribution in [0.1, 0.15) is 65.2 Å². The van der Waals surface area contributed by atoms with Crippen LogP contribution in [0.15, 0.2) is 0 Å². The SMILES string of the molecule is C[C@]12CC[CH]C[C@H]1CC[C@H]1[C@@H]2[CH]C[C@]2(C)C(=O)CC[C@@H]12. The minimum absolute atomic E-state index is 0.00511. The highest BCUT2D eigenvalue weighted by atomic mass is 16.1. The summed E-state index contributed by atoms with van der Waals surface area (Å²) in [4.78, 5) is 12.3. The van der Waals surface area contributed by atoms with Crippen LogP contribution in [0.2, 0.25) is 0 Å². The maximum atomic E-state index is 12.3. The quantitative estimate of drug-likeness (QED) is 0.629. The topological polar surface area (TPSA) is 17.1 Å².